The molecule has 0 amide bonds. The van der Waals surface area contributed by atoms with Crippen LogP contribution in [-0.2, 0) is 21.7 Å². The molecule has 2 aliphatic rings. The lowest BCUT2D eigenvalue weighted by Crippen LogP contribution is -2.27. The Morgan fingerprint density at radius 1 is 0.346 bits per heavy atom. The van der Waals surface area contributed by atoms with Gasteiger partial charge < -0.3 is 14.7 Å². The first kappa shape index (κ1) is 53.0. The molecule has 5 heteroatoms. The van der Waals surface area contributed by atoms with Gasteiger partial charge in [-0.25, -0.2) is 4.98 Å². The van der Waals surface area contributed by atoms with Crippen molar-refractivity contribution in [3.8, 4) is 44.5 Å². The van der Waals surface area contributed by atoms with Crippen LogP contribution in [0.2, 0.25) is 0 Å². The van der Waals surface area contributed by atoms with Crippen molar-refractivity contribution >= 4 is 57.0 Å². The Labute approximate surface area is 481 Å². The zero-order valence-corrected chi connectivity index (χ0v) is 49.3. The third kappa shape index (κ3) is 9.98. The number of aromatic nitrogens is 1. The fourth-order valence-corrected chi connectivity index (χ4v) is 12.0. The summed E-state index contributed by atoms with van der Waals surface area (Å²) < 4.78 is 0. The van der Waals surface area contributed by atoms with Gasteiger partial charge in [-0.2, -0.15) is 0 Å². The van der Waals surface area contributed by atoms with Crippen LogP contribution in [0.25, 0.3) is 44.5 Å². The second-order valence-corrected chi connectivity index (χ2v) is 26.3. The molecule has 10 aromatic rings. The van der Waals surface area contributed by atoms with Crippen LogP contribution in [-0.4, -0.2) is 11.7 Å². The molecule has 1 aromatic heterocycles. The van der Waals surface area contributed by atoms with E-state index in [-0.39, 0.29) is 21.7 Å². The number of fused-ring (bicyclic) bond motifs is 6. The highest BCUT2D eigenvalue weighted by Gasteiger charge is 2.35. The second-order valence-electron chi connectivity index (χ2n) is 26.3. The molecule has 0 spiro atoms. The molecule has 2 aliphatic heterocycles. The van der Waals surface area contributed by atoms with Crippen molar-refractivity contribution < 1.29 is 0 Å². The predicted molar refractivity (Wildman–Crippen MR) is 346 cm³/mol. The zero-order chi connectivity index (χ0) is 56.6. The van der Waals surface area contributed by atoms with E-state index in [0.717, 1.165) is 62.3 Å². The Balaban J connectivity index is 1.13. The van der Waals surface area contributed by atoms with E-state index < -0.39 is 0 Å². The van der Waals surface area contributed by atoms with Gasteiger partial charge in [0.05, 0.1) is 28.4 Å². The highest BCUT2D eigenvalue weighted by Crippen LogP contribution is 2.55. The van der Waals surface area contributed by atoms with Gasteiger partial charge in [-0.1, -0.05) is 229 Å². The van der Waals surface area contributed by atoms with Crippen LogP contribution in [0.3, 0.4) is 0 Å². The average molecular weight is 1060 g/mol. The summed E-state index contributed by atoms with van der Waals surface area (Å²) >= 11 is 0. The van der Waals surface area contributed by atoms with Crippen LogP contribution in [0.15, 0.2) is 225 Å². The summed E-state index contributed by atoms with van der Waals surface area (Å²) in [6.45, 7) is 28.5. The van der Waals surface area contributed by atoms with E-state index in [2.05, 4.69) is 321 Å². The van der Waals surface area contributed by atoms with Crippen molar-refractivity contribution in [3.05, 3.63) is 247 Å². The van der Waals surface area contributed by atoms with Crippen LogP contribution in [0, 0.1) is 0 Å². The van der Waals surface area contributed by atoms with Gasteiger partial charge in [0.25, 0.3) is 0 Å². The third-order valence-corrected chi connectivity index (χ3v) is 16.4. The quantitative estimate of drug-likeness (QED) is 0.151. The van der Waals surface area contributed by atoms with Crippen LogP contribution in [0.5, 0.6) is 0 Å². The van der Waals surface area contributed by atoms with Crippen molar-refractivity contribution in [2.24, 2.45) is 0 Å². The van der Waals surface area contributed by atoms with Crippen molar-refractivity contribution in [2.75, 3.05) is 26.3 Å². The van der Waals surface area contributed by atoms with Gasteiger partial charge in [-0.15, -0.1) is 0 Å². The SMILES string of the molecule is CC(C)(C)c1cc(N(c2cc(-c3ccccc3)cc(N3CN(c4c(-c5ccccc5)cccc4C(C)(C)C)c4ccccc43)c2)c2ccc3c(c2)N(c2cc(C(C)(C)C)ccn2)c2ccccc2-c2ccccc2-3)cc(C(C)(C)C)c1. The molecule has 0 bridgehead atoms. The van der Waals surface area contributed by atoms with E-state index in [9.17, 15) is 0 Å². The smallest absolute Gasteiger partial charge is 0.137 e. The number of para-hydroxylation sites is 4. The van der Waals surface area contributed by atoms with Crippen molar-refractivity contribution in [1.29, 1.82) is 0 Å². The zero-order valence-electron chi connectivity index (χ0n) is 49.3. The molecular weight excluding hydrogens is 983 g/mol. The van der Waals surface area contributed by atoms with Gasteiger partial charge >= 0.3 is 0 Å². The first-order chi connectivity index (χ1) is 38.7. The Kier molecular flexibility index (Phi) is 13.2. The highest BCUT2D eigenvalue weighted by molar-refractivity contribution is 6.04. The van der Waals surface area contributed by atoms with Crippen molar-refractivity contribution in [2.45, 2.75) is 105 Å². The summed E-state index contributed by atoms with van der Waals surface area (Å²) in [5, 5.41) is 0. The van der Waals surface area contributed by atoms with E-state index in [0.29, 0.717) is 6.67 Å². The Morgan fingerprint density at radius 2 is 0.877 bits per heavy atom. The second kappa shape index (κ2) is 20.1. The molecule has 0 radical (unpaired) electrons. The van der Waals surface area contributed by atoms with Crippen molar-refractivity contribution in [1.82, 2.24) is 4.98 Å². The van der Waals surface area contributed by atoms with Gasteiger partial charge in [-0.3, -0.25) is 4.90 Å². The lowest BCUT2D eigenvalue weighted by atomic mass is 9.80. The summed E-state index contributed by atoms with van der Waals surface area (Å²) in [5.74, 6) is 0.881. The molecule has 404 valence electrons. The maximum absolute atomic E-state index is 5.24. The minimum atomic E-state index is -0.134. The minimum Gasteiger partial charge on any atom is -0.321 e. The molecule has 0 saturated carbocycles. The van der Waals surface area contributed by atoms with Gasteiger partial charge in [0.1, 0.15) is 12.5 Å². The van der Waals surface area contributed by atoms with E-state index in [1.54, 1.807) is 0 Å². The number of hydrogen-bond donors (Lipinski definition) is 0. The molecule has 9 aromatic carbocycles. The lowest BCUT2D eigenvalue weighted by Gasteiger charge is -2.34. The highest BCUT2D eigenvalue weighted by atomic mass is 15.4. The van der Waals surface area contributed by atoms with Crippen LogP contribution < -0.4 is 19.6 Å². The lowest BCUT2D eigenvalue weighted by molar-refractivity contribution is 0.568. The summed E-state index contributed by atoms with van der Waals surface area (Å²) in [6, 6.07) is 81.5. The minimum absolute atomic E-state index is 0.0924. The molecule has 0 aliphatic carbocycles. The topological polar surface area (TPSA) is 25.9 Å². The number of pyridine rings is 1. The number of nitrogens with zero attached hydrogens (tertiary/aromatic N) is 5. The van der Waals surface area contributed by atoms with Gasteiger partial charge in [0, 0.05) is 45.6 Å². The molecule has 0 fully saturated rings. The maximum Gasteiger partial charge on any atom is 0.137 e. The fraction of sp³-hybridized carbons (Fsp3) is 0.224. The molecule has 0 N–H and O–H groups in total. The fourth-order valence-electron chi connectivity index (χ4n) is 12.0. The Morgan fingerprint density at radius 3 is 1.49 bits per heavy atom. The van der Waals surface area contributed by atoms with E-state index in [1.807, 2.05) is 6.20 Å². The average Bonchev–Trinajstić information content (AvgIpc) is 3.95. The largest absolute Gasteiger partial charge is 0.321 e. The summed E-state index contributed by atoms with van der Waals surface area (Å²) in [7, 11) is 0. The molecule has 0 unspecified atom stereocenters. The summed E-state index contributed by atoms with van der Waals surface area (Å²) in [5.41, 5.74) is 24.1. The third-order valence-electron chi connectivity index (χ3n) is 16.4. The van der Waals surface area contributed by atoms with Gasteiger partial charge in [0.15, 0.2) is 0 Å². The van der Waals surface area contributed by atoms with Gasteiger partial charge in [0.2, 0.25) is 0 Å². The Hall–Kier alpha value is -8.67. The van der Waals surface area contributed by atoms with E-state index in [4.69, 9.17) is 4.98 Å². The summed E-state index contributed by atoms with van der Waals surface area (Å²) in [6.07, 6.45) is 1.98. The standard InChI is InChI=1S/C76H75N5/c1-73(2,3)54-40-41-77-71(47-54)81-67-35-22-21-32-64(67)62-30-19-20-31-63(62)65-39-38-57(49-70(65)81)80(60-45-55(74(4,5)6)44-56(46-60)75(7,8)9)59-43-53(51-26-15-13-16-27-51)42-58(48-59)78-50-79(69-37-24-23-36-68(69)78)72-61(52-28-17-14-18-29-52)33-25-34-66(72)76(10,11)12/h13-49H,50H2,1-12H3. The maximum atomic E-state index is 5.24. The molecule has 5 nitrogen and oxygen atoms in total. The molecule has 0 saturated heterocycles. The predicted octanol–water partition coefficient (Wildman–Crippen LogP) is 21.4. The number of anilines is 10. The number of rotatable bonds is 8. The van der Waals surface area contributed by atoms with Crippen LogP contribution in [0.1, 0.15) is 105 Å². The monoisotopic (exact) mass is 1060 g/mol. The van der Waals surface area contributed by atoms with Crippen LogP contribution >= 0.6 is 0 Å². The first-order valence-electron chi connectivity index (χ1n) is 28.8. The first-order valence-corrected chi connectivity index (χ1v) is 28.8. The molecule has 0 atom stereocenters. The molecule has 3 heterocycles. The number of benzene rings is 9. The Bertz CT molecular complexity index is 3940. The van der Waals surface area contributed by atoms with Crippen LogP contribution in [0.4, 0.5) is 57.0 Å². The van der Waals surface area contributed by atoms with E-state index in [1.165, 1.54) is 61.4 Å². The molecule has 12 rings (SSSR count). The molecule has 81 heavy (non-hydrogen) atoms. The van der Waals surface area contributed by atoms with Gasteiger partial charge in [-0.05, 0) is 145 Å². The number of hydrogen-bond acceptors (Lipinski definition) is 5. The van der Waals surface area contributed by atoms with E-state index >= 15 is 0 Å². The summed E-state index contributed by atoms with van der Waals surface area (Å²) in [4.78, 5) is 15.3. The molecular formula is C76H75N5. The normalized spacial score (nSPS) is 13.3. The van der Waals surface area contributed by atoms with Crippen molar-refractivity contribution in [3.63, 3.8) is 0 Å².